The Labute approximate surface area is 114 Å². The van der Waals surface area contributed by atoms with Gasteiger partial charge in [0.25, 0.3) is 5.69 Å². The van der Waals surface area contributed by atoms with E-state index in [1.165, 1.54) is 13.1 Å². The molecule has 9 heteroatoms. The summed E-state index contributed by atoms with van der Waals surface area (Å²) in [5.41, 5.74) is 4.59. The summed E-state index contributed by atoms with van der Waals surface area (Å²) in [6.07, 6.45) is 0.0516. The van der Waals surface area contributed by atoms with E-state index in [2.05, 4.69) is 21.5 Å². The minimum atomic E-state index is -0.537. The van der Waals surface area contributed by atoms with Crippen LogP contribution in [-0.4, -0.2) is 30.5 Å². The van der Waals surface area contributed by atoms with Crippen LogP contribution >= 0.6 is 0 Å². The molecule has 0 aliphatic heterocycles. The molecule has 0 unspecified atom stereocenters. The first kappa shape index (κ1) is 15.2. The summed E-state index contributed by atoms with van der Waals surface area (Å²) < 4.78 is 0. The van der Waals surface area contributed by atoms with Crippen LogP contribution in [-0.2, 0) is 4.79 Å². The van der Waals surface area contributed by atoms with Crippen LogP contribution in [0.4, 0.5) is 16.2 Å². The Morgan fingerprint density at radius 2 is 1.95 bits per heavy atom. The minimum absolute atomic E-state index is 0.0516. The second-order valence-corrected chi connectivity index (χ2v) is 3.70. The third-order valence-electron chi connectivity index (χ3n) is 2.31. The number of nitro groups is 1. The van der Waals surface area contributed by atoms with Crippen molar-refractivity contribution in [3.8, 4) is 0 Å². The van der Waals surface area contributed by atoms with Crippen LogP contribution in [0.5, 0.6) is 0 Å². The van der Waals surface area contributed by atoms with Crippen molar-refractivity contribution in [2.24, 2.45) is 0 Å². The molecule has 0 aromatic heterocycles. The Hall–Kier alpha value is -2.84. The highest BCUT2D eigenvalue weighted by molar-refractivity contribution is 5.81. The first-order valence-electron chi connectivity index (χ1n) is 5.78. The maximum absolute atomic E-state index is 11.3. The fourth-order valence-corrected chi connectivity index (χ4v) is 1.34. The van der Waals surface area contributed by atoms with Crippen LogP contribution in [0, 0.1) is 10.1 Å². The molecule has 0 fully saturated rings. The number of urea groups is 1. The van der Waals surface area contributed by atoms with Gasteiger partial charge in [-0.25, -0.2) is 10.2 Å². The molecule has 0 bridgehead atoms. The van der Waals surface area contributed by atoms with Crippen molar-refractivity contribution in [1.29, 1.82) is 0 Å². The van der Waals surface area contributed by atoms with Gasteiger partial charge in [-0.2, -0.15) is 0 Å². The standard InChI is InChI=1S/C11H15N5O4/c1-12-11(18)15-14-10(17)6-7-13-8-4-2-3-5-9(8)16(19)20/h2-5,13H,6-7H2,1H3,(H,14,17)(H2,12,15,18). The fraction of sp³-hybridized carbons (Fsp3) is 0.273. The highest BCUT2D eigenvalue weighted by Crippen LogP contribution is 2.22. The molecular weight excluding hydrogens is 266 g/mol. The maximum atomic E-state index is 11.3. The van der Waals surface area contributed by atoms with Crippen LogP contribution in [0.15, 0.2) is 24.3 Å². The Balaban J connectivity index is 2.39. The maximum Gasteiger partial charge on any atom is 0.333 e. The van der Waals surface area contributed by atoms with E-state index in [4.69, 9.17) is 0 Å². The zero-order valence-electron chi connectivity index (χ0n) is 10.8. The van der Waals surface area contributed by atoms with E-state index in [9.17, 15) is 19.7 Å². The van der Waals surface area contributed by atoms with Gasteiger partial charge in [0.05, 0.1) is 4.92 Å². The molecule has 0 aliphatic rings. The number of hydrazine groups is 1. The number of carbonyl (C=O) groups is 2. The van der Waals surface area contributed by atoms with E-state index in [0.717, 1.165) is 0 Å². The average molecular weight is 281 g/mol. The molecule has 0 saturated heterocycles. The van der Waals surface area contributed by atoms with Gasteiger partial charge in [0, 0.05) is 26.1 Å². The average Bonchev–Trinajstić information content (AvgIpc) is 2.45. The summed E-state index contributed by atoms with van der Waals surface area (Å²) in [5.74, 6) is -0.417. The lowest BCUT2D eigenvalue weighted by Crippen LogP contribution is -2.46. The molecule has 3 amide bonds. The van der Waals surface area contributed by atoms with E-state index in [0.29, 0.717) is 5.69 Å². The number of hydrogen-bond acceptors (Lipinski definition) is 5. The Kier molecular flexibility index (Phi) is 5.75. The second-order valence-electron chi connectivity index (χ2n) is 3.70. The van der Waals surface area contributed by atoms with Crippen molar-refractivity contribution in [3.63, 3.8) is 0 Å². The van der Waals surface area contributed by atoms with Crippen LogP contribution in [0.3, 0.4) is 0 Å². The molecule has 1 aromatic rings. The van der Waals surface area contributed by atoms with Crippen molar-refractivity contribution in [2.75, 3.05) is 18.9 Å². The number of benzene rings is 1. The lowest BCUT2D eigenvalue weighted by molar-refractivity contribution is -0.384. The number of amides is 3. The molecule has 0 aliphatic carbocycles. The molecule has 108 valence electrons. The van der Waals surface area contributed by atoms with Gasteiger partial charge in [0.2, 0.25) is 5.91 Å². The molecule has 0 atom stereocenters. The smallest absolute Gasteiger partial charge is 0.333 e. The predicted molar refractivity (Wildman–Crippen MR) is 71.9 cm³/mol. The van der Waals surface area contributed by atoms with E-state index in [1.807, 2.05) is 0 Å². The number of nitrogens with zero attached hydrogens (tertiary/aromatic N) is 1. The lowest BCUT2D eigenvalue weighted by atomic mass is 10.2. The molecule has 4 N–H and O–H groups in total. The summed E-state index contributed by atoms with van der Waals surface area (Å²) in [5, 5.41) is 15.8. The fourth-order valence-electron chi connectivity index (χ4n) is 1.34. The molecule has 9 nitrogen and oxygen atoms in total. The zero-order chi connectivity index (χ0) is 15.0. The van der Waals surface area contributed by atoms with E-state index in [1.54, 1.807) is 18.2 Å². The molecule has 1 rings (SSSR count). The topological polar surface area (TPSA) is 125 Å². The Bertz CT molecular complexity index is 505. The van der Waals surface area contributed by atoms with E-state index < -0.39 is 16.9 Å². The monoisotopic (exact) mass is 281 g/mol. The number of anilines is 1. The molecule has 0 saturated carbocycles. The van der Waals surface area contributed by atoms with Gasteiger partial charge in [0.15, 0.2) is 0 Å². The molecular formula is C11H15N5O4. The highest BCUT2D eigenvalue weighted by Gasteiger charge is 2.12. The molecule has 0 spiro atoms. The molecule has 0 radical (unpaired) electrons. The van der Waals surface area contributed by atoms with Crippen LogP contribution in [0.2, 0.25) is 0 Å². The number of nitrogens with one attached hydrogen (secondary N) is 4. The SMILES string of the molecule is CNC(=O)NNC(=O)CCNc1ccccc1[N+](=O)[O-]. The summed E-state index contributed by atoms with van der Waals surface area (Å²) >= 11 is 0. The van der Waals surface area contributed by atoms with Gasteiger partial charge in [-0.05, 0) is 6.07 Å². The van der Waals surface area contributed by atoms with Crippen molar-refractivity contribution >= 4 is 23.3 Å². The van der Waals surface area contributed by atoms with Gasteiger partial charge in [-0.1, -0.05) is 12.1 Å². The van der Waals surface area contributed by atoms with Gasteiger partial charge in [-0.3, -0.25) is 20.3 Å². The number of nitro benzene ring substituents is 1. The summed E-state index contributed by atoms with van der Waals surface area (Å²) in [6, 6.07) is 5.60. The van der Waals surface area contributed by atoms with Gasteiger partial charge >= 0.3 is 6.03 Å². The van der Waals surface area contributed by atoms with Gasteiger partial charge in [-0.15, -0.1) is 0 Å². The van der Waals surface area contributed by atoms with Crippen molar-refractivity contribution in [1.82, 2.24) is 16.2 Å². The summed E-state index contributed by atoms with van der Waals surface area (Å²) in [7, 11) is 1.41. The Morgan fingerprint density at radius 3 is 2.60 bits per heavy atom. The second kappa shape index (κ2) is 7.56. The normalized spacial score (nSPS) is 9.45. The summed E-state index contributed by atoms with van der Waals surface area (Å²) in [4.78, 5) is 32.4. The minimum Gasteiger partial charge on any atom is -0.379 e. The number of hydrogen-bond donors (Lipinski definition) is 4. The molecule has 1 aromatic carbocycles. The van der Waals surface area contributed by atoms with Crippen molar-refractivity contribution < 1.29 is 14.5 Å². The van der Waals surface area contributed by atoms with Crippen molar-refractivity contribution in [2.45, 2.75) is 6.42 Å². The third kappa shape index (κ3) is 4.80. The quantitative estimate of drug-likeness (QED) is 0.458. The largest absolute Gasteiger partial charge is 0.379 e. The lowest BCUT2D eigenvalue weighted by Gasteiger charge is -2.08. The first-order valence-corrected chi connectivity index (χ1v) is 5.78. The third-order valence-corrected chi connectivity index (χ3v) is 2.31. The van der Waals surface area contributed by atoms with Crippen molar-refractivity contribution in [3.05, 3.63) is 34.4 Å². The van der Waals surface area contributed by atoms with Crippen LogP contribution in [0.25, 0.3) is 0 Å². The number of rotatable bonds is 5. The van der Waals surface area contributed by atoms with E-state index >= 15 is 0 Å². The predicted octanol–water partition coefficient (Wildman–Crippen LogP) is 0.357. The first-order chi connectivity index (χ1) is 9.54. The highest BCUT2D eigenvalue weighted by atomic mass is 16.6. The zero-order valence-corrected chi connectivity index (χ0v) is 10.8. The number of para-hydroxylation sites is 2. The molecule has 20 heavy (non-hydrogen) atoms. The Morgan fingerprint density at radius 1 is 1.25 bits per heavy atom. The number of carbonyl (C=O) groups excluding carboxylic acids is 2. The van der Waals surface area contributed by atoms with Gasteiger partial charge < -0.3 is 10.6 Å². The molecule has 0 heterocycles. The van der Waals surface area contributed by atoms with Gasteiger partial charge in [0.1, 0.15) is 5.69 Å². The van der Waals surface area contributed by atoms with Crippen LogP contribution in [0.1, 0.15) is 6.42 Å². The summed E-state index contributed by atoms with van der Waals surface area (Å²) in [6.45, 7) is 0.201. The van der Waals surface area contributed by atoms with Crippen LogP contribution < -0.4 is 21.5 Å². The van der Waals surface area contributed by atoms with E-state index in [-0.39, 0.29) is 18.7 Å².